The molecule has 3 nitrogen and oxygen atoms in total. The van der Waals surface area contributed by atoms with Crippen LogP contribution in [0.4, 0.5) is 0 Å². The standard InChI is InChI=1S/C10H15N3/c1-13-10-5-3-8-6-7(8)2-4-9(10)11-12-13/h7-8H,2-6H2,1H3/t7-,8+/m1/s1. The monoisotopic (exact) mass is 177 g/mol. The largest absolute Gasteiger partial charge is 0.252 e. The lowest BCUT2D eigenvalue weighted by Gasteiger charge is -2.07. The Morgan fingerprint density at radius 1 is 1.23 bits per heavy atom. The summed E-state index contributed by atoms with van der Waals surface area (Å²) in [6.07, 6.45) is 6.53. The van der Waals surface area contributed by atoms with Gasteiger partial charge in [0.25, 0.3) is 0 Å². The van der Waals surface area contributed by atoms with Gasteiger partial charge in [-0.05, 0) is 43.9 Å². The van der Waals surface area contributed by atoms with Crippen LogP contribution in [0.25, 0.3) is 0 Å². The molecule has 0 aliphatic heterocycles. The molecule has 0 radical (unpaired) electrons. The Morgan fingerprint density at radius 3 is 2.85 bits per heavy atom. The van der Waals surface area contributed by atoms with Gasteiger partial charge in [0.1, 0.15) is 0 Å². The van der Waals surface area contributed by atoms with Crippen LogP contribution in [0.1, 0.15) is 30.7 Å². The highest BCUT2D eigenvalue weighted by molar-refractivity contribution is 5.13. The summed E-state index contributed by atoms with van der Waals surface area (Å²) in [5.74, 6) is 2.05. The minimum absolute atomic E-state index is 1.02. The fourth-order valence-corrected chi connectivity index (χ4v) is 2.58. The van der Waals surface area contributed by atoms with E-state index in [1.165, 1.54) is 37.1 Å². The first-order valence-corrected chi connectivity index (χ1v) is 5.22. The normalized spacial score (nSPS) is 31.5. The molecule has 13 heavy (non-hydrogen) atoms. The van der Waals surface area contributed by atoms with Gasteiger partial charge in [-0.25, -0.2) is 0 Å². The van der Waals surface area contributed by atoms with Crippen molar-refractivity contribution in [3.8, 4) is 0 Å². The molecule has 1 aromatic rings. The lowest BCUT2D eigenvalue weighted by molar-refractivity contribution is 0.566. The predicted octanol–water partition coefficient (Wildman–Crippen LogP) is 1.33. The first-order chi connectivity index (χ1) is 6.34. The van der Waals surface area contributed by atoms with E-state index in [0.717, 1.165) is 18.3 Å². The lowest BCUT2D eigenvalue weighted by atomic mass is 10.0. The minimum atomic E-state index is 1.02. The van der Waals surface area contributed by atoms with E-state index < -0.39 is 0 Å². The number of hydrogen-bond acceptors (Lipinski definition) is 2. The topological polar surface area (TPSA) is 30.7 Å². The first-order valence-electron chi connectivity index (χ1n) is 5.22. The van der Waals surface area contributed by atoms with Gasteiger partial charge in [-0.15, -0.1) is 5.10 Å². The molecule has 0 N–H and O–H groups in total. The molecule has 0 spiro atoms. The second-order valence-corrected chi connectivity index (χ2v) is 4.44. The van der Waals surface area contributed by atoms with Gasteiger partial charge in [-0.1, -0.05) is 5.21 Å². The number of aromatic nitrogens is 3. The van der Waals surface area contributed by atoms with Crippen LogP contribution in [0.3, 0.4) is 0 Å². The van der Waals surface area contributed by atoms with Crippen LogP contribution < -0.4 is 0 Å². The minimum Gasteiger partial charge on any atom is -0.252 e. The summed E-state index contributed by atoms with van der Waals surface area (Å²) in [4.78, 5) is 0. The van der Waals surface area contributed by atoms with Crippen LogP contribution in [-0.2, 0) is 19.9 Å². The zero-order valence-corrected chi connectivity index (χ0v) is 8.03. The molecule has 2 aliphatic rings. The van der Waals surface area contributed by atoms with E-state index in [0.29, 0.717) is 0 Å². The van der Waals surface area contributed by atoms with Crippen molar-refractivity contribution in [2.24, 2.45) is 18.9 Å². The molecule has 1 fully saturated rings. The summed E-state index contributed by atoms with van der Waals surface area (Å²) in [5, 5.41) is 8.31. The van der Waals surface area contributed by atoms with Crippen molar-refractivity contribution in [1.82, 2.24) is 15.0 Å². The molecular weight excluding hydrogens is 162 g/mol. The number of aryl methyl sites for hydroxylation is 2. The third-order valence-corrected chi connectivity index (χ3v) is 3.60. The average molecular weight is 177 g/mol. The van der Waals surface area contributed by atoms with Gasteiger partial charge in [0.15, 0.2) is 0 Å². The molecule has 0 amide bonds. The quantitative estimate of drug-likeness (QED) is 0.598. The van der Waals surface area contributed by atoms with E-state index in [2.05, 4.69) is 10.3 Å². The first kappa shape index (κ1) is 7.54. The van der Waals surface area contributed by atoms with Crippen LogP contribution in [0.2, 0.25) is 0 Å². The molecule has 70 valence electrons. The third kappa shape index (κ3) is 1.18. The predicted molar refractivity (Wildman–Crippen MR) is 49.2 cm³/mol. The summed E-state index contributed by atoms with van der Waals surface area (Å²) in [5.41, 5.74) is 2.64. The van der Waals surface area contributed by atoms with Crippen LogP contribution in [0, 0.1) is 11.8 Å². The van der Waals surface area contributed by atoms with E-state index >= 15 is 0 Å². The maximum Gasteiger partial charge on any atom is 0.0859 e. The van der Waals surface area contributed by atoms with E-state index in [1.807, 2.05) is 11.7 Å². The van der Waals surface area contributed by atoms with Crippen molar-refractivity contribution in [2.75, 3.05) is 0 Å². The van der Waals surface area contributed by atoms with Crippen LogP contribution in [0.5, 0.6) is 0 Å². The summed E-state index contributed by atoms with van der Waals surface area (Å²) >= 11 is 0. The Labute approximate surface area is 78.1 Å². The summed E-state index contributed by atoms with van der Waals surface area (Å²) in [6, 6.07) is 0. The molecule has 3 rings (SSSR count). The molecule has 0 unspecified atom stereocenters. The highest BCUT2D eigenvalue weighted by atomic mass is 15.4. The number of rotatable bonds is 0. The average Bonchev–Trinajstić information content (AvgIpc) is 2.73. The van der Waals surface area contributed by atoms with Gasteiger partial charge in [-0.2, -0.15) is 0 Å². The van der Waals surface area contributed by atoms with E-state index in [4.69, 9.17) is 0 Å². The summed E-state index contributed by atoms with van der Waals surface area (Å²) in [6.45, 7) is 0. The number of nitrogens with zero attached hydrogens (tertiary/aromatic N) is 3. The van der Waals surface area contributed by atoms with Gasteiger partial charge in [0, 0.05) is 7.05 Å². The van der Waals surface area contributed by atoms with Crippen LogP contribution in [-0.4, -0.2) is 15.0 Å². The van der Waals surface area contributed by atoms with E-state index in [-0.39, 0.29) is 0 Å². The van der Waals surface area contributed by atoms with E-state index in [1.54, 1.807) is 0 Å². The second-order valence-electron chi connectivity index (χ2n) is 4.44. The lowest BCUT2D eigenvalue weighted by Crippen LogP contribution is -2.04. The molecule has 0 saturated heterocycles. The van der Waals surface area contributed by atoms with Gasteiger partial charge < -0.3 is 0 Å². The zero-order valence-electron chi connectivity index (χ0n) is 8.03. The second kappa shape index (κ2) is 2.56. The fraction of sp³-hybridized carbons (Fsp3) is 0.800. The zero-order chi connectivity index (χ0) is 8.84. The fourth-order valence-electron chi connectivity index (χ4n) is 2.58. The Morgan fingerprint density at radius 2 is 2.00 bits per heavy atom. The van der Waals surface area contributed by atoms with Gasteiger partial charge in [0.2, 0.25) is 0 Å². The Balaban J connectivity index is 1.91. The molecule has 2 atom stereocenters. The van der Waals surface area contributed by atoms with Crippen molar-refractivity contribution in [2.45, 2.75) is 32.1 Å². The number of fused-ring (bicyclic) bond motifs is 2. The third-order valence-electron chi connectivity index (χ3n) is 3.60. The highest BCUT2D eigenvalue weighted by Gasteiger charge is 2.37. The van der Waals surface area contributed by atoms with E-state index in [9.17, 15) is 0 Å². The molecule has 1 saturated carbocycles. The maximum atomic E-state index is 4.22. The molecule has 0 bridgehead atoms. The molecule has 1 heterocycles. The van der Waals surface area contributed by atoms with Gasteiger partial charge in [0.05, 0.1) is 11.4 Å². The SMILES string of the molecule is Cn1nnc2c1CC[C@H]1C[C@H]1CC2. The molecule has 3 heteroatoms. The van der Waals surface area contributed by atoms with Crippen molar-refractivity contribution >= 4 is 0 Å². The Bertz CT molecular complexity index is 329. The smallest absolute Gasteiger partial charge is 0.0859 e. The molecule has 0 aromatic carbocycles. The van der Waals surface area contributed by atoms with Crippen LogP contribution >= 0.6 is 0 Å². The van der Waals surface area contributed by atoms with Crippen molar-refractivity contribution in [3.05, 3.63) is 11.4 Å². The number of hydrogen-bond donors (Lipinski definition) is 0. The maximum absolute atomic E-state index is 4.22. The van der Waals surface area contributed by atoms with Crippen molar-refractivity contribution in [3.63, 3.8) is 0 Å². The van der Waals surface area contributed by atoms with Crippen LogP contribution in [0.15, 0.2) is 0 Å². The van der Waals surface area contributed by atoms with Crippen molar-refractivity contribution in [1.29, 1.82) is 0 Å². The Kier molecular flexibility index (Phi) is 1.49. The summed E-state index contributed by atoms with van der Waals surface area (Å²) in [7, 11) is 2.01. The Hall–Kier alpha value is -0.860. The molecular formula is C10H15N3. The van der Waals surface area contributed by atoms with Gasteiger partial charge in [-0.3, -0.25) is 4.68 Å². The van der Waals surface area contributed by atoms with Crippen molar-refractivity contribution < 1.29 is 0 Å². The van der Waals surface area contributed by atoms with Gasteiger partial charge >= 0.3 is 0 Å². The molecule has 2 aliphatic carbocycles. The highest BCUT2D eigenvalue weighted by Crippen LogP contribution is 2.46. The summed E-state index contributed by atoms with van der Waals surface area (Å²) < 4.78 is 1.96. The molecule has 1 aromatic heterocycles.